The lowest BCUT2D eigenvalue weighted by Gasteiger charge is -2.28. The Morgan fingerprint density at radius 1 is 1.35 bits per heavy atom. The topological polar surface area (TPSA) is 55.4 Å². The van der Waals surface area contributed by atoms with E-state index in [0.717, 1.165) is 32.0 Å². The molecule has 0 saturated heterocycles. The Morgan fingerprint density at radius 3 is 2.59 bits per heavy atom. The minimum Gasteiger partial charge on any atom is -0.444 e. The van der Waals surface area contributed by atoms with E-state index in [9.17, 15) is 9.59 Å². The van der Waals surface area contributed by atoms with Gasteiger partial charge in [-0.25, -0.2) is 4.79 Å². The lowest BCUT2D eigenvalue weighted by Crippen LogP contribution is -2.38. The van der Waals surface area contributed by atoms with Crippen LogP contribution in [0, 0.1) is 11.8 Å². The predicted molar refractivity (Wildman–Crippen MR) is 65.7 cm³/mol. The molecule has 4 heteroatoms. The van der Waals surface area contributed by atoms with Gasteiger partial charge in [0.05, 0.1) is 0 Å². The van der Waals surface area contributed by atoms with Gasteiger partial charge >= 0.3 is 6.09 Å². The van der Waals surface area contributed by atoms with Gasteiger partial charge in [-0.2, -0.15) is 0 Å². The summed E-state index contributed by atoms with van der Waals surface area (Å²) in [6.45, 7) is 6.04. The standard InChI is InChI=1S/C13H23NO3/c1-13(2,3)17-12(16)14-8-10-6-4-5-7-11(10)9-15/h9-11H,4-8H2,1-3H3,(H,14,16). The van der Waals surface area contributed by atoms with Gasteiger partial charge in [-0.3, -0.25) is 0 Å². The van der Waals surface area contributed by atoms with Crippen LogP contribution in [0.15, 0.2) is 0 Å². The molecule has 4 nitrogen and oxygen atoms in total. The molecule has 1 saturated carbocycles. The Morgan fingerprint density at radius 2 is 2.00 bits per heavy atom. The van der Waals surface area contributed by atoms with Crippen LogP contribution in [0.4, 0.5) is 4.79 Å². The Labute approximate surface area is 103 Å². The average Bonchev–Trinajstić information content (AvgIpc) is 2.24. The van der Waals surface area contributed by atoms with Crippen LogP contribution >= 0.6 is 0 Å². The van der Waals surface area contributed by atoms with Crippen molar-refractivity contribution in [2.75, 3.05) is 6.54 Å². The van der Waals surface area contributed by atoms with Crippen molar-refractivity contribution < 1.29 is 14.3 Å². The van der Waals surface area contributed by atoms with Gasteiger partial charge in [0.15, 0.2) is 0 Å². The zero-order valence-corrected chi connectivity index (χ0v) is 11.0. The lowest BCUT2D eigenvalue weighted by molar-refractivity contribution is -0.113. The van der Waals surface area contributed by atoms with Crippen molar-refractivity contribution in [1.82, 2.24) is 5.32 Å². The number of hydrogen-bond donors (Lipinski definition) is 1. The molecule has 2 atom stereocenters. The molecular formula is C13H23NO3. The SMILES string of the molecule is CC(C)(C)OC(=O)NCC1CCCCC1C=O. The van der Waals surface area contributed by atoms with Crippen molar-refractivity contribution in [3.63, 3.8) is 0 Å². The third-order valence-electron chi connectivity index (χ3n) is 3.05. The summed E-state index contributed by atoms with van der Waals surface area (Å²) in [5.41, 5.74) is -0.472. The van der Waals surface area contributed by atoms with Gasteiger partial charge in [-0.05, 0) is 39.5 Å². The Kier molecular flexibility index (Phi) is 4.97. The zero-order chi connectivity index (χ0) is 12.9. The van der Waals surface area contributed by atoms with Crippen LogP contribution in [0.25, 0.3) is 0 Å². The molecule has 2 unspecified atom stereocenters. The summed E-state index contributed by atoms with van der Waals surface area (Å²) in [4.78, 5) is 22.4. The molecule has 0 aromatic rings. The highest BCUT2D eigenvalue weighted by atomic mass is 16.6. The Bertz CT molecular complexity index is 270. The first-order chi connectivity index (χ1) is 7.92. The van der Waals surface area contributed by atoms with E-state index in [1.165, 1.54) is 0 Å². The van der Waals surface area contributed by atoms with E-state index in [1.54, 1.807) is 0 Å². The number of aldehydes is 1. The predicted octanol–water partition coefficient (Wildman–Crippen LogP) is 2.52. The molecule has 0 heterocycles. The first-order valence-electron chi connectivity index (χ1n) is 6.34. The highest BCUT2D eigenvalue weighted by molar-refractivity contribution is 5.67. The number of ether oxygens (including phenoxy) is 1. The van der Waals surface area contributed by atoms with E-state index >= 15 is 0 Å². The maximum absolute atomic E-state index is 11.5. The number of alkyl carbamates (subject to hydrolysis) is 1. The second-order valence-corrected chi connectivity index (χ2v) is 5.73. The largest absolute Gasteiger partial charge is 0.444 e. The van der Waals surface area contributed by atoms with Crippen LogP contribution in [0.3, 0.4) is 0 Å². The van der Waals surface area contributed by atoms with Gasteiger partial charge in [0.25, 0.3) is 0 Å². The van der Waals surface area contributed by atoms with Crippen LogP contribution in [-0.4, -0.2) is 24.5 Å². The lowest BCUT2D eigenvalue weighted by atomic mass is 9.80. The molecule has 98 valence electrons. The molecule has 1 aliphatic carbocycles. The molecule has 0 bridgehead atoms. The maximum atomic E-state index is 11.5. The van der Waals surface area contributed by atoms with E-state index in [4.69, 9.17) is 4.74 Å². The number of carbonyl (C=O) groups is 2. The molecule has 0 radical (unpaired) electrons. The molecule has 17 heavy (non-hydrogen) atoms. The number of hydrogen-bond acceptors (Lipinski definition) is 3. The summed E-state index contributed by atoms with van der Waals surface area (Å²) in [6, 6.07) is 0. The van der Waals surface area contributed by atoms with Crippen LogP contribution in [0.2, 0.25) is 0 Å². The normalized spacial score (nSPS) is 25.1. The summed E-state index contributed by atoms with van der Waals surface area (Å²) in [5, 5.41) is 2.75. The van der Waals surface area contributed by atoms with Gasteiger partial charge in [0, 0.05) is 12.5 Å². The van der Waals surface area contributed by atoms with Gasteiger partial charge in [-0.15, -0.1) is 0 Å². The second-order valence-electron chi connectivity index (χ2n) is 5.73. The Balaban J connectivity index is 2.33. The fourth-order valence-corrected chi connectivity index (χ4v) is 2.20. The second kappa shape index (κ2) is 6.03. The van der Waals surface area contributed by atoms with Crippen molar-refractivity contribution in [3.05, 3.63) is 0 Å². The van der Waals surface area contributed by atoms with Crippen molar-refractivity contribution in [2.45, 2.75) is 52.1 Å². The summed E-state index contributed by atoms with van der Waals surface area (Å²) in [5.74, 6) is 0.368. The monoisotopic (exact) mass is 241 g/mol. The molecule has 1 rings (SSSR count). The van der Waals surface area contributed by atoms with Crippen molar-refractivity contribution in [2.24, 2.45) is 11.8 Å². The number of nitrogens with one attached hydrogen (secondary N) is 1. The zero-order valence-electron chi connectivity index (χ0n) is 11.0. The van der Waals surface area contributed by atoms with Crippen LogP contribution in [0.5, 0.6) is 0 Å². The van der Waals surface area contributed by atoms with E-state index in [-0.39, 0.29) is 11.8 Å². The molecule has 0 spiro atoms. The molecule has 1 N–H and O–H groups in total. The highest BCUT2D eigenvalue weighted by Crippen LogP contribution is 2.28. The summed E-state index contributed by atoms with van der Waals surface area (Å²) in [6.07, 6.45) is 4.86. The van der Waals surface area contributed by atoms with E-state index < -0.39 is 11.7 Å². The van der Waals surface area contributed by atoms with Crippen LogP contribution in [0.1, 0.15) is 46.5 Å². The third kappa shape index (κ3) is 5.20. The highest BCUT2D eigenvalue weighted by Gasteiger charge is 2.25. The molecule has 1 fully saturated rings. The molecule has 1 amide bonds. The number of rotatable bonds is 3. The van der Waals surface area contributed by atoms with Gasteiger partial charge in [0.2, 0.25) is 0 Å². The molecule has 0 aromatic carbocycles. The summed E-state index contributed by atoms with van der Waals surface area (Å²) in [7, 11) is 0. The fourth-order valence-electron chi connectivity index (χ4n) is 2.20. The Hall–Kier alpha value is -1.06. The van der Waals surface area contributed by atoms with Crippen molar-refractivity contribution >= 4 is 12.4 Å². The van der Waals surface area contributed by atoms with E-state index in [2.05, 4.69) is 5.32 Å². The number of carbonyl (C=O) groups excluding carboxylic acids is 2. The minimum atomic E-state index is -0.472. The first-order valence-corrected chi connectivity index (χ1v) is 6.34. The summed E-state index contributed by atoms with van der Waals surface area (Å²) >= 11 is 0. The molecule has 0 aromatic heterocycles. The molecule has 0 aliphatic heterocycles. The third-order valence-corrected chi connectivity index (χ3v) is 3.05. The van der Waals surface area contributed by atoms with Gasteiger partial charge in [-0.1, -0.05) is 12.8 Å². The van der Waals surface area contributed by atoms with Crippen molar-refractivity contribution in [3.8, 4) is 0 Å². The van der Waals surface area contributed by atoms with Crippen molar-refractivity contribution in [1.29, 1.82) is 0 Å². The van der Waals surface area contributed by atoms with Gasteiger partial charge in [0.1, 0.15) is 11.9 Å². The van der Waals surface area contributed by atoms with Gasteiger partial charge < -0.3 is 14.8 Å². The van der Waals surface area contributed by atoms with Crippen LogP contribution in [-0.2, 0) is 9.53 Å². The summed E-state index contributed by atoms with van der Waals surface area (Å²) < 4.78 is 5.16. The first kappa shape index (κ1) is 14.0. The molecule has 1 aliphatic rings. The van der Waals surface area contributed by atoms with E-state index in [0.29, 0.717) is 6.54 Å². The van der Waals surface area contributed by atoms with Crippen LogP contribution < -0.4 is 5.32 Å². The quantitative estimate of drug-likeness (QED) is 0.772. The smallest absolute Gasteiger partial charge is 0.407 e. The molecular weight excluding hydrogens is 218 g/mol. The number of amides is 1. The average molecular weight is 241 g/mol. The fraction of sp³-hybridized carbons (Fsp3) is 0.846. The van der Waals surface area contributed by atoms with E-state index in [1.807, 2.05) is 20.8 Å². The maximum Gasteiger partial charge on any atom is 0.407 e. The minimum absolute atomic E-state index is 0.0960.